The summed E-state index contributed by atoms with van der Waals surface area (Å²) in [4.78, 5) is 24.2. The highest BCUT2D eigenvalue weighted by Crippen LogP contribution is 2.20. The smallest absolute Gasteiger partial charge is 0.329 e. The minimum atomic E-state index is -3.97. The van der Waals surface area contributed by atoms with Crippen LogP contribution in [0.4, 0.5) is 10.5 Å². The van der Waals surface area contributed by atoms with Crippen molar-refractivity contribution in [1.29, 1.82) is 0 Å². The zero-order chi connectivity index (χ0) is 22.5. The van der Waals surface area contributed by atoms with Crippen molar-refractivity contribution < 1.29 is 22.7 Å². The zero-order valence-electron chi connectivity index (χ0n) is 17.6. The average molecular weight is 438 g/mol. The predicted molar refractivity (Wildman–Crippen MR) is 112 cm³/mol. The first kappa shape index (κ1) is 23.4. The normalized spacial score (nSPS) is 12.3. The van der Waals surface area contributed by atoms with E-state index in [-0.39, 0.29) is 16.7 Å². The number of aromatic nitrogens is 2. The fraction of sp³-hybridized carbons (Fsp3) is 0.421. The van der Waals surface area contributed by atoms with Crippen LogP contribution in [0.3, 0.4) is 0 Å². The van der Waals surface area contributed by atoms with Crippen molar-refractivity contribution in [3.63, 3.8) is 0 Å². The van der Waals surface area contributed by atoms with Gasteiger partial charge >= 0.3 is 12.0 Å². The molecule has 0 spiro atoms. The highest BCUT2D eigenvalue weighted by Gasteiger charge is 2.28. The second kappa shape index (κ2) is 9.72. The SMILES string of the molecule is CCCNC(=O)Nc1cccc(OC(=O)C(C)NS(=O)(=O)c2c(C)nn(C)c2C)c1. The summed E-state index contributed by atoms with van der Waals surface area (Å²) in [5.74, 6) is -0.613. The molecular formula is C19H27N5O5S. The Labute approximate surface area is 176 Å². The van der Waals surface area contributed by atoms with Gasteiger partial charge in [-0.2, -0.15) is 9.82 Å². The molecule has 0 bridgehead atoms. The fourth-order valence-electron chi connectivity index (χ4n) is 2.74. The van der Waals surface area contributed by atoms with Gasteiger partial charge in [-0.3, -0.25) is 4.68 Å². The minimum Gasteiger partial charge on any atom is -0.425 e. The molecule has 0 aliphatic carbocycles. The Bertz CT molecular complexity index is 1030. The Balaban J connectivity index is 2.05. The Morgan fingerprint density at radius 1 is 1.27 bits per heavy atom. The number of nitrogens with zero attached hydrogens (tertiary/aromatic N) is 2. The first-order chi connectivity index (χ1) is 14.0. The van der Waals surface area contributed by atoms with E-state index in [1.54, 1.807) is 33.0 Å². The highest BCUT2D eigenvalue weighted by atomic mass is 32.2. The lowest BCUT2D eigenvalue weighted by atomic mass is 10.3. The number of aryl methyl sites for hydroxylation is 2. The van der Waals surface area contributed by atoms with E-state index in [2.05, 4.69) is 20.5 Å². The number of hydrogen-bond donors (Lipinski definition) is 3. The number of ether oxygens (including phenoxy) is 1. The molecule has 30 heavy (non-hydrogen) atoms. The van der Waals surface area contributed by atoms with Crippen LogP contribution >= 0.6 is 0 Å². The molecule has 10 nitrogen and oxygen atoms in total. The van der Waals surface area contributed by atoms with E-state index in [1.807, 2.05) is 6.92 Å². The summed E-state index contributed by atoms with van der Waals surface area (Å²) in [6.45, 7) is 7.08. The lowest BCUT2D eigenvalue weighted by Gasteiger charge is -2.14. The largest absolute Gasteiger partial charge is 0.425 e. The molecule has 2 aromatic rings. The van der Waals surface area contributed by atoms with E-state index in [0.29, 0.717) is 23.6 Å². The third-order valence-electron chi connectivity index (χ3n) is 4.24. The quantitative estimate of drug-likeness (QED) is 0.427. The van der Waals surface area contributed by atoms with Gasteiger partial charge < -0.3 is 15.4 Å². The number of benzene rings is 1. The van der Waals surface area contributed by atoms with Crippen molar-refractivity contribution in [2.24, 2.45) is 7.05 Å². The van der Waals surface area contributed by atoms with Gasteiger partial charge in [0.05, 0.1) is 11.4 Å². The van der Waals surface area contributed by atoms with Crippen LogP contribution < -0.4 is 20.1 Å². The lowest BCUT2D eigenvalue weighted by molar-refractivity contribution is -0.135. The number of anilines is 1. The van der Waals surface area contributed by atoms with Crippen molar-refractivity contribution in [2.75, 3.05) is 11.9 Å². The van der Waals surface area contributed by atoms with Crippen LogP contribution in [0.2, 0.25) is 0 Å². The summed E-state index contributed by atoms with van der Waals surface area (Å²) in [6.07, 6.45) is 0.803. The number of carbonyl (C=O) groups excluding carboxylic acids is 2. The minimum absolute atomic E-state index is 0.0361. The molecule has 2 rings (SSSR count). The first-order valence-corrected chi connectivity index (χ1v) is 10.9. The van der Waals surface area contributed by atoms with Gasteiger partial charge in [0.2, 0.25) is 10.0 Å². The van der Waals surface area contributed by atoms with E-state index in [9.17, 15) is 18.0 Å². The van der Waals surface area contributed by atoms with E-state index in [1.165, 1.54) is 23.7 Å². The summed E-state index contributed by atoms with van der Waals surface area (Å²) in [5.41, 5.74) is 1.23. The molecule has 3 N–H and O–H groups in total. The van der Waals surface area contributed by atoms with E-state index >= 15 is 0 Å². The van der Waals surface area contributed by atoms with Gasteiger partial charge in [0, 0.05) is 25.3 Å². The van der Waals surface area contributed by atoms with E-state index < -0.39 is 22.0 Å². The van der Waals surface area contributed by atoms with E-state index in [4.69, 9.17) is 4.74 Å². The number of sulfonamides is 1. The summed E-state index contributed by atoms with van der Waals surface area (Å²) < 4.78 is 34.4. The average Bonchev–Trinajstić information content (AvgIpc) is 2.92. The summed E-state index contributed by atoms with van der Waals surface area (Å²) >= 11 is 0. The van der Waals surface area contributed by atoms with Crippen LogP contribution in [-0.4, -0.2) is 42.8 Å². The molecule has 0 aliphatic rings. The molecule has 11 heteroatoms. The molecule has 1 aromatic carbocycles. The summed E-state index contributed by atoms with van der Waals surface area (Å²) in [7, 11) is -2.33. The van der Waals surface area contributed by atoms with Crippen molar-refractivity contribution in [2.45, 2.75) is 45.1 Å². The molecule has 1 aromatic heterocycles. The van der Waals surface area contributed by atoms with Crippen LogP contribution in [0.1, 0.15) is 31.7 Å². The van der Waals surface area contributed by atoms with Gasteiger partial charge in [-0.05, 0) is 39.3 Å². The number of esters is 1. The highest BCUT2D eigenvalue weighted by molar-refractivity contribution is 7.89. The van der Waals surface area contributed by atoms with Gasteiger partial charge in [0.1, 0.15) is 16.7 Å². The van der Waals surface area contributed by atoms with Crippen LogP contribution in [-0.2, 0) is 21.9 Å². The van der Waals surface area contributed by atoms with Gasteiger partial charge in [-0.1, -0.05) is 13.0 Å². The Hall–Kier alpha value is -2.92. The third kappa shape index (κ3) is 5.80. The van der Waals surface area contributed by atoms with Crippen LogP contribution in [0.15, 0.2) is 29.2 Å². The Morgan fingerprint density at radius 3 is 2.57 bits per heavy atom. The Morgan fingerprint density at radius 2 is 1.97 bits per heavy atom. The molecule has 0 saturated carbocycles. The zero-order valence-corrected chi connectivity index (χ0v) is 18.5. The Kier molecular flexibility index (Phi) is 7.57. The molecule has 1 heterocycles. The number of amides is 2. The van der Waals surface area contributed by atoms with Crippen molar-refractivity contribution in [3.8, 4) is 5.75 Å². The van der Waals surface area contributed by atoms with Gasteiger partial charge in [-0.25, -0.2) is 18.0 Å². The maximum Gasteiger partial charge on any atom is 0.329 e. The second-order valence-corrected chi connectivity index (χ2v) is 8.45. The maximum atomic E-state index is 12.7. The molecule has 1 unspecified atom stereocenters. The first-order valence-electron chi connectivity index (χ1n) is 9.44. The van der Waals surface area contributed by atoms with Crippen molar-refractivity contribution in [1.82, 2.24) is 19.8 Å². The number of carbonyl (C=O) groups is 2. The molecule has 0 saturated heterocycles. The van der Waals surface area contributed by atoms with Crippen LogP contribution in [0, 0.1) is 13.8 Å². The fourth-order valence-corrected chi connectivity index (χ4v) is 4.37. The maximum absolute atomic E-state index is 12.7. The molecular weight excluding hydrogens is 410 g/mol. The van der Waals surface area contributed by atoms with Crippen molar-refractivity contribution >= 4 is 27.7 Å². The summed E-state index contributed by atoms with van der Waals surface area (Å²) in [6, 6.07) is 4.74. The number of rotatable bonds is 8. The van der Waals surface area contributed by atoms with Crippen LogP contribution in [0.5, 0.6) is 5.75 Å². The molecule has 0 aliphatic heterocycles. The standard InChI is InChI=1S/C19H27N5O5S/c1-6-10-20-19(26)21-15-8-7-9-16(11-15)29-18(25)13(3)23-30(27,28)17-12(2)22-24(5)14(17)4/h7-9,11,13,23H,6,10H2,1-5H3,(H2,20,21,26). The molecule has 164 valence electrons. The molecule has 1 atom stereocenters. The molecule has 0 radical (unpaired) electrons. The number of nitrogens with one attached hydrogen (secondary N) is 3. The number of urea groups is 1. The lowest BCUT2D eigenvalue weighted by Crippen LogP contribution is -2.41. The monoisotopic (exact) mass is 437 g/mol. The van der Waals surface area contributed by atoms with Crippen LogP contribution in [0.25, 0.3) is 0 Å². The molecule has 0 fully saturated rings. The van der Waals surface area contributed by atoms with E-state index in [0.717, 1.165) is 6.42 Å². The molecule has 2 amide bonds. The number of hydrogen-bond acceptors (Lipinski definition) is 6. The second-order valence-electron chi connectivity index (χ2n) is 6.80. The van der Waals surface area contributed by atoms with Crippen molar-refractivity contribution in [3.05, 3.63) is 35.7 Å². The summed E-state index contributed by atoms with van der Waals surface area (Å²) in [5, 5.41) is 9.39. The van der Waals surface area contributed by atoms with Gasteiger partial charge in [0.15, 0.2) is 0 Å². The van der Waals surface area contributed by atoms with Gasteiger partial charge in [0.25, 0.3) is 0 Å². The van der Waals surface area contributed by atoms with Gasteiger partial charge in [-0.15, -0.1) is 0 Å². The predicted octanol–water partition coefficient (Wildman–Crippen LogP) is 1.84. The topological polar surface area (TPSA) is 131 Å². The third-order valence-corrected chi connectivity index (χ3v) is 6.03.